The molecule has 0 saturated carbocycles. The standard InChI is InChI=1S/C35H36N2/c1-5-26-22-33(28-16-10-7-11-17-28)37(24-31(26)27-14-8-6-9-15-27)35(3,4)34-30-19-13-12-18-29(30)32-21-20-25(2)23-36(32)34/h6-22,24,33-34H,5,23H2,1-4H3/t33?,34-/m1/s1. The molecule has 0 aliphatic carbocycles. The average Bonchev–Trinajstić information content (AvgIpc) is 3.27. The molecular weight excluding hydrogens is 448 g/mol. The van der Waals surface area contributed by atoms with E-state index in [1.54, 1.807) is 0 Å². The maximum atomic E-state index is 2.64. The Labute approximate surface area is 221 Å². The second-order valence-electron chi connectivity index (χ2n) is 11.1. The lowest BCUT2D eigenvalue weighted by molar-refractivity contribution is 0.0674. The summed E-state index contributed by atoms with van der Waals surface area (Å²) in [6, 6.07) is 31.3. The molecule has 2 nitrogen and oxygen atoms in total. The zero-order chi connectivity index (χ0) is 25.6. The summed E-state index contributed by atoms with van der Waals surface area (Å²) in [5.74, 6) is 0. The number of benzene rings is 3. The number of fused-ring (bicyclic) bond motifs is 3. The van der Waals surface area contributed by atoms with Gasteiger partial charge in [-0.1, -0.05) is 110 Å². The van der Waals surface area contributed by atoms with Crippen molar-refractivity contribution < 1.29 is 0 Å². The predicted octanol–water partition coefficient (Wildman–Crippen LogP) is 8.56. The number of nitrogens with zero attached hydrogens (tertiary/aromatic N) is 2. The van der Waals surface area contributed by atoms with Gasteiger partial charge in [-0.3, -0.25) is 0 Å². The van der Waals surface area contributed by atoms with E-state index in [4.69, 9.17) is 0 Å². The van der Waals surface area contributed by atoms with Gasteiger partial charge in [-0.2, -0.15) is 0 Å². The third-order valence-electron chi connectivity index (χ3n) is 8.31. The highest BCUT2D eigenvalue weighted by atomic mass is 15.3. The lowest BCUT2D eigenvalue weighted by atomic mass is 9.81. The first-order valence-electron chi connectivity index (χ1n) is 13.5. The van der Waals surface area contributed by atoms with Gasteiger partial charge in [0.25, 0.3) is 0 Å². The van der Waals surface area contributed by atoms with Crippen LogP contribution in [-0.2, 0) is 0 Å². The fraction of sp³-hybridized carbons (Fsp3) is 0.257. The minimum absolute atomic E-state index is 0.167. The van der Waals surface area contributed by atoms with E-state index in [0.29, 0.717) is 0 Å². The maximum absolute atomic E-state index is 2.64. The zero-order valence-corrected chi connectivity index (χ0v) is 22.4. The minimum atomic E-state index is -0.195. The molecule has 3 aliphatic heterocycles. The fourth-order valence-electron chi connectivity index (χ4n) is 6.52. The molecular formula is C35H36N2. The fourth-order valence-corrected chi connectivity index (χ4v) is 6.52. The molecule has 2 atom stereocenters. The van der Waals surface area contributed by atoms with Crippen molar-refractivity contribution in [1.29, 1.82) is 0 Å². The van der Waals surface area contributed by atoms with Gasteiger partial charge in [-0.15, -0.1) is 0 Å². The largest absolute Gasteiger partial charge is 0.359 e. The first kappa shape index (κ1) is 23.6. The van der Waals surface area contributed by atoms with Crippen molar-refractivity contribution in [2.75, 3.05) is 6.54 Å². The van der Waals surface area contributed by atoms with E-state index in [0.717, 1.165) is 13.0 Å². The highest BCUT2D eigenvalue weighted by Crippen LogP contribution is 2.52. The monoisotopic (exact) mass is 484 g/mol. The van der Waals surface area contributed by atoms with Crippen molar-refractivity contribution in [3.63, 3.8) is 0 Å². The van der Waals surface area contributed by atoms with E-state index < -0.39 is 0 Å². The van der Waals surface area contributed by atoms with Crippen LogP contribution in [0.15, 0.2) is 121 Å². The lowest BCUT2D eigenvalue weighted by Crippen LogP contribution is -2.51. The minimum Gasteiger partial charge on any atom is -0.359 e. The SMILES string of the molecule is CCC1=CC(c2ccccc2)N(C(C)(C)[C@H]2c3ccccc3C3=CC=C(C)CN32)C=C1c1ccccc1. The number of allylic oxidation sites excluding steroid dienone is 4. The number of hydrogen-bond donors (Lipinski definition) is 0. The molecule has 0 fully saturated rings. The van der Waals surface area contributed by atoms with Crippen molar-refractivity contribution in [1.82, 2.24) is 9.80 Å². The van der Waals surface area contributed by atoms with Crippen LogP contribution in [0.5, 0.6) is 0 Å². The molecule has 0 aromatic heterocycles. The van der Waals surface area contributed by atoms with Gasteiger partial charge in [0.2, 0.25) is 0 Å². The Bertz CT molecular complexity index is 1420. The Hall–Kier alpha value is -3.78. The smallest absolute Gasteiger partial charge is 0.0779 e. The molecule has 3 heterocycles. The van der Waals surface area contributed by atoms with Crippen LogP contribution in [-0.4, -0.2) is 21.9 Å². The molecule has 0 radical (unpaired) electrons. The van der Waals surface area contributed by atoms with Crippen LogP contribution in [0, 0.1) is 0 Å². The third-order valence-corrected chi connectivity index (χ3v) is 8.31. The van der Waals surface area contributed by atoms with E-state index in [1.165, 1.54) is 44.7 Å². The molecule has 3 aromatic rings. The third kappa shape index (κ3) is 3.96. The van der Waals surface area contributed by atoms with Gasteiger partial charge in [-0.25, -0.2) is 0 Å². The van der Waals surface area contributed by atoms with Gasteiger partial charge >= 0.3 is 0 Å². The molecule has 0 bridgehead atoms. The van der Waals surface area contributed by atoms with Crippen molar-refractivity contribution in [3.8, 4) is 0 Å². The summed E-state index contributed by atoms with van der Waals surface area (Å²) in [4.78, 5) is 5.28. The summed E-state index contributed by atoms with van der Waals surface area (Å²) in [6.07, 6.45) is 10.6. The molecule has 0 spiro atoms. The summed E-state index contributed by atoms with van der Waals surface area (Å²) >= 11 is 0. The Morgan fingerprint density at radius 3 is 2.24 bits per heavy atom. The first-order valence-corrected chi connectivity index (χ1v) is 13.5. The van der Waals surface area contributed by atoms with Crippen LogP contribution in [0.3, 0.4) is 0 Å². The van der Waals surface area contributed by atoms with Crippen LogP contribution in [0.1, 0.15) is 68.5 Å². The average molecular weight is 485 g/mol. The quantitative estimate of drug-likeness (QED) is 0.358. The van der Waals surface area contributed by atoms with Crippen LogP contribution >= 0.6 is 0 Å². The number of rotatable bonds is 5. The molecule has 37 heavy (non-hydrogen) atoms. The van der Waals surface area contributed by atoms with Crippen molar-refractivity contribution in [3.05, 3.63) is 143 Å². The Balaban J connectivity index is 1.52. The summed E-state index contributed by atoms with van der Waals surface area (Å²) in [6.45, 7) is 10.4. The van der Waals surface area contributed by atoms with E-state index in [9.17, 15) is 0 Å². The molecule has 6 rings (SSSR count). The van der Waals surface area contributed by atoms with E-state index in [1.807, 2.05) is 0 Å². The van der Waals surface area contributed by atoms with Crippen LogP contribution < -0.4 is 0 Å². The van der Waals surface area contributed by atoms with Gasteiger partial charge < -0.3 is 9.80 Å². The van der Waals surface area contributed by atoms with E-state index >= 15 is 0 Å². The molecule has 186 valence electrons. The molecule has 2 heteroatoms. The molecule has 0 amide bonds. The van der Waals surface area contributed by atoms with Gasteiger partial charge in [0.05, 0.1) is 17.6 Å². The molecule has 1 unspecified atom stereocenters. The Kier molecular flexibility index (Phi) is 5.91. The van der Waals surface area contributed by atoms with Crippen LogP contribution in [0.25, 0.3) is 11.3 Å². The maximum Gasteiger partial charge on any atom is 0.0779 e. The summed E-state index contributed by atoms with van der Waals surface area (Å²) in [7, 11) is 0. The number of hydrogen-bond acceptors (Lipinski definition) is 2. The van der Waals surface area contributed by atoms with Crippen molar-refractivity contribution in [2.45, 2.75) is 51.7 Å². The molecule has 3 aromatic carbocycles. The van der Waals surface area contributed by atoms with Gasteiger partial charge in [-0.05, 0) is 55.5 Å². The second kappa shape index (κ2) is 9.27. The lowest BCUT2D eigenvalue weighted by Gasteiger charge is -2.51. The predicted molar refractivity (Wildman–Crippen MR) is 156 cm³/mol. The van der Waals surface area contributed by atoms with Crippen LogP contribution in [0.4, 0.5) is 0 Å². The topological polar surface area (TPSA) is 6.48 Å². The summed E-state index contributed by atoms with van der Waals surface area (Å²) in [5.41, 5.74) is 10.7. The first-order chi connectivity index (χ1) is 18.0. The molecule has 3 aliphatic rings. The summed E-state index contributed by atoms with van der Waals surface area (Å²) in [5, 5.41) is 0. The van der Waals surface area contributed by atoms with E-state index in [2.05, 4.69) is 147 Å². The van der Waals surface area contributed by atoms with Crippen molar-refractivity contribution in [2.24, 2.45) is 0 Å². The normalized spacial score (nSPS) is 21.0. The molecule has 0 N–H and O–H groups in total. The van der Waals surface area contributed by atoms with Gasteiger partial charge in [0.15, 0.2) is 0 Å². The summed E-state index contributed by atoms with van der Waals surface area (Å²) < 4.78 is 0. The second-order valence-corrected chi connectivity index (χ2v) is 11.1. The highest BCUT2D eigenvalue weighted by Gasteiger charge is 2.48. The van der Waals surface area contributed by atoms with Gasteiger partial charge in [0.1, 0.15) is 0 Å². The van der Waals surface area contributed by atoms with Crippen molar-refractivity contribution >= 4 is 11.3 Å². The van der Waals surface area contributed by atoms with E-state index in [-0.39, 0.29) is 17.6 Å². The zero-order valence-electron chi connectivity index (χ0n) is 22.4. The van der Waals surface area contributed by atoms with Crippen LogP contribution in [0.2, 0.25) is 0 Å². The Morgan fingerprint density at radius 1 is 0.838 bits per heavy atom. The Morgan fingerprint density at radius 2 is 1.51 bits per heavy atom. The van der Waals surface area contributed by atoms with Gasteiger partial charge in [0, 0.05) is 29.6 Å². The molecule has 0 saturated heterocycles. The highest BCUT2D eigenvalue weighted by molar-refractivity contribution is 5.80.